The van der Waals surface area contributed by atoms with Crippen molar-refractivity contribution in [3.05, 3.63) is 59.9 Å². The number of nitrogens with zero attached hydrogens (tertiary/aromatic N) is 6. The van der Waals surface area contributed by atoms with Crippen LogP contribution in [0, 0.1) is 0 Å². The highest BCUT2D eigenvalue weighted by Crippen LogP contribution is 2.30. The number of methoxy groups -OCH3 is 2. The highest BCUT2D eigenvalue weighted by molar-refractivity contribution is 5.58. The maximum Gasteiger partial charge on any atom is 0.168 e. The molecule has 1 atom stereocenters. The Kier molecular flexibility index (Phi) is 6.66. The molecule has 1 aromatic heterocycles. The van der Waals surface area contributed by atoms with Crippen molar-refractivity contribution < 1.29 is 9.47 Å². The van der Waals surface area contributed by atoms with E-state index in [9.17, 15) is 0 Å². The van der Waals surface area contributed by atoms with Crippen molar-refractivity contribution in [1.82, 2.24) is 25.1 Å². The predicted molar refractivity (Wildman–Crippen MR) is 120 cm³/mol. The highest BCUT2D eigenvalue weighted by Gasteiger charge is 2.28. The lowest BCUT2D eigenvalue weighted by molar-refractivity contribution is 0.169. The second-order valence-corrected chi connectivity index (χ2v) is 7.66. The van der Waals surface area contributed by atoms with Crippen molar-refractivity contribution >= 4 is 5.69 Å². The largest absolute Gasteiger partial charge is 0.497 e. The monoisotopic (exact) mass is 422 g/mol. The number of ether oxygens (including phenoxy) is 2. The van der Waals surface area contributed by atoms with E-state index in [0.717, 1.165) is 61.2 Å². The van der Waals surface area contributed by atoms with Gasteiger partial charge in [0.15, 0.2) is 5.82 Å². The molecule has 4 rings (SSSR count). The fourth-order valence-corrected chi connectivity index (χ4v) is 4.24. The van der Waals surface area contributed by atoms with Crippen molar-refractivity contribution in [1.29, 1.82) is 0 Å². The van der Waals surface area contributed by atoms with Crippen LogP contribution in [0.3, 0.4) is 0 Å². The van der Waals surface area contributed by atoms with Gasteiger partial charge in [0.05, 0.1) is 32.5 Å². The van der Waals surface area contributed by atoms with E-state index in [-0.39, 0.29) is 6.04 Å². The van der Waals surface area contributed by atoms with E-state index in [4.69, 9.17) is 9.47 Å². The molecule has 2 aromatic carbocycles. The van der Waals surface area contributed by atoms with Gasteiger partial charge < -0.3 is 14.4 Å². The average Bonchev–Trinajstić information content (AvgIpc) is 3.28. The van der Waals surface area contributed by atoms with Gasteiger partial charge in [0.2, 0.25) is 0 Å². The van der Waals surface area contributed by atoms with Crippen LogP contribution in [0.1, 0.15) is 30.8 Å². The zero-order valence-electron chi connectivity index (χ0n) is 18.4. The van der Waals surface area contributed by atoms with Crippen molar-refractivity contribution in [3.63, 3.8) is 0 Å². The quantitative estimate of drug-likeness (QED) is 0.553. The molecule has 0 unspecified atom stereocenters. The first-order valence-electron chi connectivity index (χ1n) is 10.7. The Bertz CT molecular complexity index is 966. The van der Waals surface area contributed by atoms with Gasteiger partial charge in [-0.05, 0) is 46.7 Å². The third-order valence-corrected chi connectivity index (χ3v) is 5.92. The Morgan fingerprint density at radius 1 is 0.935 bits per heavy atom. The Hall–Kier alpha value is -3.13. The molecular weight excluding hydrogens is 392 g/mol. The molecule has 1 aliphatic rings. The van der Waals surface area contributed by atoms with Gasteiger partial charge in [-0.1, -0.05) is 31.2 Å². The molecule has 0 spiro atoms. The van der Waals surface area contributed by atoms with Crippen LogP contribution in [0.15, 0.2) is 48.5 Å². The van der Waals surface area contributed by atoms with Gasteiger partial charge in [0, 0.05) is 26.2 Å². The summed E-state index contributed by atoms with van der Waals surface area (Å²) in [5, 5.41) is 12.7. The maximum atomic E-state index is 5.55. The summed E-state index contributed by atoms with van der Waals surface area (Å²) in [5.41, 5.74) is 2.30. The SMILES string of the molecule is CC[C@H](c1nnnn1Cc1ccc(OC)cc1)N1CCN(c2ccccc2OC)CC1. The van der Waals surface area contributed by atoms with Crippen LogP contribution < -0.4 is 14.4 Å². The molecule has 1 fully saturated rings. The fraction of sp³-hybridized carbons (Fsp3) is 0.435. The van der Waals surface area contributed by atoms with Crippen LogP contribution in [0.4, 0.5) is 5.69 Å². The molecule has 3 aromatic rings. The second-order valence-electron chi connectivity index (χ2n) is 7.66. The van der Waals surface area contributed by atoms with Crippen LogP contribution in [0.25, 0.3) is 0 Å². The van der Waals surface area contributed by atoms with Crippen molar-refractivity contribution in [2.45, 2.75) is 25.9 Å². The van der Waals surface area contributed by atoms with Crippen LogP contribution in [0.2, 0.25) is 0 Å². The lowest BCUT2D eigenvalue weighted by atomic mass is 10.1. The summed E-state index contributed by atoms with van der Waals surface area (Å²) in [4.78, 5) is 4.88. The number of hydrogen-bond donors (Lipinski definition) is 0. The summed E-state index contributed by atoms with van der Waals surface area (Å²) in [5.74, 6) is 2.69. The predicted octanol–water partition coefficient (Wildman–Crippen LogP) is 3.01. The molecule has 0 N–H and O–H groups in total. The Balaban J connectivity index is 1.45. The Morgan fingerprint density at radius 3 is 2.35 bits per heavy atom. The van der Waals surface area contributed by atoms with Gasteiger partial charge in [-0.2, -0.15) is 0 Å². The van der Waals surface area contributed by atoms with Crippen LogP contribution in [0.5, 0.6) is 11.5 Å². The number of anilines is 1. The van der Waals surface area contributed by atoms with Crippen molar-refractivity contribution in [2.75, 3.05) is 45.3 Å². The van der Waals surface area contributed by atoms with Crippen LogP contribution in [-0.2, 0) is 6.54 Å². The van der Waals surface area contributed by atoms with Crippen molar-refractivity contribution in [2.24, 2.45) is 0 Å². The lowest BCUT2D eigenvalue weighted by Gasteiger charge is -2.39. The maximum absolute atomic E-state index is 5.55. The van der Waals surface area contributed by atoms with E-state index >= 15 is 0 Å². The van der Waals surface area contributed by atoms with E-state index in [1.54, 1.807) is 14.2 Å². The number of tetrazole rings is 1. The highest BCUT2D eigenvalue weighted by atomic mass is 16.5. The average molecular weight is 423 g/mol. The third kappa shape index (κ3) is 4.64. The van der Waals surface area contributed by atoms with E-state index in [1.165, 1.54) is 0 Å². The van der Waals surface area contributed by atoms with E-state index in [2.05, 4.69) is 56.5 Å². The van der Waals surface area contributed by atoms with E-state index < -0.39 is 0 Å². The fourth-order valence-electron chi connectivity index (χ4n) is 4.24. The molecule has 8 heteroatoms. The molecule has 8 nitrogen and oxygen atoms in total. The van der Waals surface area contributed by atoms with E-state index in [0.29, 0.717) is 6.54 Å². The lowest BCUT2D eigenvalue weighted by Crippen LogP contribution is -2.48. The molecule has 2 heterocycles. The minimum absolute atomic E-state index is 0.188. The number of piperazine rings is 1. The number of aromatic nitrogens is 4. The number of para-hydroxylation sites is 2. The standard InChI is InChI=1S/C23H30N6O2/c1-4-20(23-24-25-26-29(23)17-18-9-11-19(30-2)12-10-18)27-13-15-28(16-14-27)21-7-5-6-8-22(21)31-3/h5-12,20H,4,13-17H2,1-3H3/t20-/m1/s1. The van der Waals surface area contributed by atoms with E-state index in [1.807, 2.05) is 28.9 Å². The van der Waals surface area contributed by atoms with Gasteiger partial charge in [-0.3, -0.25) is 4.90 Å². The minimum atomic E-state index is 0.188. The number of benzene rings is 2. The van der Waals surface area contributed by atoms with Crippen LogP contribution in [-0.4, -0.2) is 65.5 Å². The summed E-state index contributed by atoms with van der Waals surface area (Å²) < 4.78 is 12.7. The van der Waals surface area contributed by atoms with Gasteiger partial charge >= 0.3 is 0 Å². The molecule has 0 aliphatic carbocycles. The Morgan fingerprint density at radius 2 is 1.68 bits per heavy atom. The van der Waals surface area contributed by atoms with Crippen LogP contribution >= 0.6 is 0 Å². The normalized spacial score (nSPS) is 15.6. The third-order valence-electron chi connectivity index (χ3n) is 5.92. The number of hydrogen-bond acceptors (Lipinski definition) is 7. The smallest absolute Gasteiger partial charge is 0.168 e. The minimum Gasteiger partial charge on any atom is -0.497 e. The molecule has 164 valence electrons. The first-order chi connectivity index (χ1) is 15.2. The topological polar surface area (TPSA) is 68.5 Å². The molecule has 31 heavy (non-hydrogen) atoms. The van der Waals surface area contributed by atoms with Gasteiger partial charge in [-0.25, -0.2) is 4.68 Å². The molecule has 0 saturated carbocycles. The number of rotatable bonds is 8. The zero-order valence-corrected chi connectivity index (χ0v) is 18.4. The molecular formula is C23H30N6O2. The molecule has 0 radical (unpaired) electrons. The molecule has 1 saturated heterocycles. The molecule has 0 bridgehead atoms. The summed E-state index contributed by atoms with van der Waals surface area (Å²) in [6.07, 6.45) is 0.956. The van der Waals surface area contributed by atoms with Gasteiger partial charge in [0.25, 0.3) is 0 Å². The molecule has 0 amide bonds. The summed E-state index contributed by atoms with van der Waals surface area (Å²) in [7, 11) is 3.40. The van der Waals surface area contributed by atoms with Gasteiger partial charge in [-0.15, -0.1) is 5.10 Å². The van der Waals surface area contributed by atoms with Gasteiger partial charge in [0.1, 0.15) is 11.5 Å². The summed E-state index contributed by atoms with van der Waals surface area (Å²) >= 11 is 0. The summed E-state index contributed by atoms with van der Waals surface area (Å²) in [6, 6.07) is 16.4. The van der Waals surface area contributed by atoms with Crippen molar-refractivity contribution in [3.8, 4) is 11.5 Å². The molecule has 1 aliphatic heterocycles. The first kappa shape index (κ1) is 21.1. The summed E-state index contributed by atoms with van der Waals surface area (Å²) in [6.45, 7) is 6.62. The Labute approximate surface area is 183 Å². The first-order valence-corrected chi connectivity index (χ1v) is 10.7. The second kappa shape index (κ2) is 9.78. The zero-order chi connectivity index (χ0) is 21.6.